The second-order valence-corrected chi connectivity index (χ2v) is 5.17. The summed E-state index contributed by atoms with van der Waals surface area (Å²) in [5.41, 5.74) is 1.74. The highest BCUT2D eigenvalue weighted by molar-refractivity contribution is 7.17. The number of hydrogen-bond donors (Lipinski definition) is 1. The van der Waals surface area contributed by atoms with Gasteiger partial charge in [0.2, 0.25) is 0 Å². The molecule has 0 unspecified atom stereocenters. The lowest BCUT2D eigenvalue weighted by atomic mass is 10.2. The SMILES string of the molecule is Cc1cccc(OCc2nc3ccsc3c(=O)[nH]2)c1. The van der Waals surface area contributed by atoms with Crippen molar-refractivity contribution in [1.82, 2.24) is 9.97 Å². The minimum absolute atomic E-state index is 0.108. The molecule has 0 saturated heterocycles. The molecular formula is C14H12N2O2S. The van der Waals surface area contributed by atoms with Crippen LogP contribution in [0.4, 0.5) is 0 Å². The quantitative estimate of drug-likeness (QED) is 0.797. The van der Waals surface area contributed by atoms with Gasteiger partial charge in [-0.2, -0.15) is 0 Å². The average Bonchev–Trinajstić information content (AvgIpc) is 2.85. The summed E-state index contributed by atoms with van der Waals surface area (Å²) in [6, 6.07) is 9.61. The first-order valence-electron chi connectivity index (χ1n) is 5.88. The predicted molar refractivity (Wildman–Crippen MR) is 75.8 cm³/mol. The third-order valence-corrected chi connectivity index (χ3v) is 3.63. The monoisotopic (exact) mass is 272 g/mol. The molecule has 1 aromatic carbocycles. The van der Waals surface area contributed by atoms with Crippen LogP contribution in [-0.2, 0) is 6.61 Å². The Labute approximate surface area is 113 Å². The van der Waals surface area contributed by atoms with Crippen LogP contribution in [0.15, 0.2) is 40.5 Å². The fourth-order valence-corrected chi connectivity index (χ4v) is 2.57. The largest absolute Gasteiger partial charge is 0.486 e. The van der Waals surface area contributed by atoms with Crippen LogP contribution in [0.25, 0.3) is 10.2 Å². The molecule has 0 aliphatic carbocycles. The molecule has 1 N–H and O–H groups in total. The van der Waals surface area contributed by atoms with Gasteiger partial charge in [-0.15, -0.1) is 11.3 Å². The van der Waals surface area contributed by atoms with Gasteiger partial charge in [0.05, 0.1) is 5.52 Å². The summed E-state index contributed by atoms with van der Waals surface area (Å²) in [7, 11) is 0. The lowest BCUT2D eigenvalue weighted by molar-refractivity contribution is 0.296. The number of nitrogens with one attached hydrogen (secondary N) is 1. The van der Waals surface area contributed by atoms with Crippen molar-refractivity contribution >= 4 is 21.6 Å². The fourth-order valence-electron chi connectivity index (χ4n) is 1.85. The summed E-state index contributed by atoms with van der Waals surface area (Å²) in [4.78, 5) is 18.9. The van der Waals surface area contributed by atoms with E-state index in [0.717, 1.165) is 16.8 Å². The number of rotatable bonds is 3. The summed E-state index contributed by atoms with van der Waals surface area (Å²) in [6.07, 6.45) is 0. The number of aromatic nitrogens is 2. The standard InChI is InChI=1S/C14H12N2O2S/c1-9-3-2-4-10(7-9)18-8-12-15-11-5-6-19-13(11)14(17)16-12/h2-7H,8H2,1H3,(H,15,16,17). The Bertz CT molecular complexity index is 776. The van der Waals surface area contributed by atoms with Crippen molar-refractivity contribution in [2.24, 2.45) is 0 Å². The molecule has 5 heteroatoms. The third kappa shape index (κ3) is 2.51. The van der Waals surface area contributed by atoms with E-state index in [0.29, 0.717) is 10.5 Å². The Hall–Kier alpha value is -2.14. The maximum absolute atomic E-state index is 11.8. The van der Waals surface area contributed by atoms with Gasteiger partial charge >= 0.3 is 0 Å². The van der Waals surface area contributed by atoms with E-state index in [2.05, 4.69) is 9.97 Å². The van der Waals surface area contributed by atoms with Crippen molar-refractivity contribution in [1.29, 1.82) is 0 Å². The lowest BCUT2D eigenvalue weighted by Gasteiger charge is -2.06. The minimum Gasteiger partial charge on any atom is -0.486 e. The Morgan fingerprint density at radius 2 is 2.26 bits per heavy atom. The number of nitrogens with zero attached hydrogens (tertiary/aromatic N) is 1. The van der Waals surface area contributed by atoms with E-state index in [1.165, 1.54) is 11.3 Å². The zero-order valence-electron chi connectivity index (χ0n) is 10.3. The number of hydrogen-bond acceptors (Lipinski definition) is 4. The molecular weight excluding hydrogens is 260 g/mol. The first kappa shape index (κ1) is 11.9. The molecule has 0 saturated carbocycles. The molecule has 19 heavy (non-hydrogen) atoms. The fraction of sp³-hybridized carbons (Fsp3) is 0.143. The first-order valence-corrected chi connectivity index (χ1v) is 6.76. The maximum Gasteiger partial charge on any atom is 0.268 e. The van der Waals surface area contributed by atoms with Crippen LogP contribution < -0.4 is 10.3 Å². The van der Waals surface area contributed by atoms with Crippen molar-refractivity contribution in [2.75, 3.05) is 0 Å². The van der Waals surface area contributed by atoms with Gasteiger partial charge in [0.15, 0.2) is 0 Å². The van der Waals surface area contributed by atoms with Crippen LogP contribution in [0.1, 0.15) is 11.4 Å². The number of aromatic amines is 1. The number of benzene rings is 1. The van der Waals surface area contributed by atoms with Crippen LogP contribution in [0, 0.1) is 6.92 Å². The van der Waals surface area contributed by atoms with Gasteiger partial charge < -0.3 is 9.72 Å². The van der Waals surface area contributed by atoms with E-state index >= 15 is 0 Å². The topological polar surface area (TPSA) is 55.0 Å². The van der Waals surface area contributed by atoms with Crippen molar-refractivity contribution in [2.45, 2.75) is 13.5 Å². The summed E-state index contributed by atoms with van der Waals surface area (Å²) >= 11 is 1.39. The van der Waals surface area contributed by atoms with Gasteiger partial charge in [0.1, 0.15) is 22.9 Å². The van der Waals surface area contributed by atoms with E-state index < -0.39 is 0 Å². The van der Waals surface area contributed by atoms with Crippen molar-refractivity contribution in [3.63, 3.8) is 0 Å². The normalized spacial score (nSPS) is 10.8. The molecule has 2 heterocycles. The van der Waals surface area contributed by atoms with Crippen LogP contribution in [0.5, 0.6) is 5.75 Å². The second kappa shape index (κ2) is 4.85. The molecule has 0 aliphatic heterocycles. The van der Waals surface area contributed by atoms with Crippen molar-refractivity contribution in [3.05, 3.63) is 57.5 Å². The molecule has 4 nitrogen and oxygen atoms in total. The molecule has 0 atom stereocenters. The Morgan fingerprint density at radius 1 is 1.37 bits per heavy atom. The molecule has 3 rings (SSSR count). The van der Waals surface area contributed by atoms with E-state index in [1.54, 1.807) is 0 Å². The van der Waals surface area contributed by atoms with Gasteiger partial charge in [-0.25, -0.2) is 4.98 Å². The van der Waals surface area contributed by atoms with Crippen LogP contribution in [0.2, 0.25) is 0 Å². The van der Waals surface area contributed by atoms with E-state index in [9.17, 15) is 4.79 Å². The number of thiophene rings is 1. The molecule has 0 spiro atoms. The average molecular weight is 272 g/mol. The molecule has 3 aromatic rings. The van der Waals surface area contributed by atoms with Gasteiger partial charge in [0, 0.05) is 0 Å². The molecule has 0 bridgehead atoms. The molecule has 2 aromatic heterocycles. The maximum atomic E-state index is 11.8. The highest BCUT2D eigenvalue weighted by atomic mass is 32.1. The molecule has 0 amide bonds. The number of fused-ring (bicyclic) bond motifs is 1. The zero-order chi connectivity index (χ0) is 13.2. The van der Waals surface area contributed by atoms with Crippen LogP contribution in [0.3, 0.4) is 0 Å². The van der Waals surface area contributed by atoms with Crippen molar-refractivity contribution < 1.29 is 4.74 Å². The Kier molecular flexibility index (Phi) is 3.05. The third-order valence-electron chi connectivity index (χ3n) is 2.73. The van der Waals surface area contributed by atoms with Crippen molar-refractivity contribution in [3.8, 4) is 5.75 Å². The van der Waals surface area contributed by atoms with Gasteiger partial charge in [-0.05, 0) is 36.1 Å². The molecule has 96 valence electrons. The Balaban J connectivity index is 1.83. The zero-order valence-corrected chi connectivity index (χ0v) is 11.2. The number of ether oxygens (including phenoxy) is 1. The first-order chi connectivity index (χ1) is 9.22. The highest BCUT2D eigenvalue weighted by Crippen LogP contribution is 2.16. The summed E-state index contributed by atoms with van der Waals surface area (Å²) in [5, 5.41) is 1.86. The second-order valence-electron chi connectivity index (χ2n) is 4.25. The van der Waals surface area contributed by atoms with Crippen LogP contribution in [-0.4, -0.2) is 9.97 Å². The molecule has 0 radical (unpaired) electrons. The lowest BCUT2D eigenvalue weighted by Crippen LogP contribution is -2.12. The number of H-pyrrole nitrogens is 1. The smallest absolute Gasteiger partial charge is 0.268 e. The summed E-state index contributed by atoms with van der Waals surface area (Å²) in [6.45, 7) is 2.26. The van der Waals surface area contributed by atoms with Gasteiger partial charge in [-0.1, -0.05) is 12.1 Å². The molecule has 0 fully saturated rings. The highest BCUT2D eigenvalue weighted by Gasteiger charge is 2.05. The number of aryl methyl sites for hydroxylation is 1. The van der Waals surface area contributed by atoms with E-state index in [-0.39, 0.29) is 12.2 Å². The van der Waals surface area contributed by atoms with Gasteiger partial charge in [-0.3, -0.25) is 4.79 Å². The molecule has 0 aliphatic rings. The summed E-state index contributed by atoms with van der Waals surface area (Å²) in [5.74, 6) is 1.31. The van der Waals surface area contributed by atoms with E-state index in [1.807, 2.05) is 42.6 Å². The summed E-state index contributed by atoms with van der Waals surface area (Å²) < 4.78 is 6.28. The van der Waals surface area contributed by atoms with E-state index in [4.69, 9.17) is 4.74 Å². The van der Waals surface area contributed by atoms with Crippen LogP contribution >= 0.6 is 11.3 Å². The predicted octanol–water partition coefficient (Wildman–Crippen LogP) is 2.87. The van der Waals surface area contributed by atoms with Gasteiger partial charge in [0.25, 0.3) is 5.56 Å². The Morgan fingerprint density at radius 3 is 3.11 bits per heavy atom. The minimum atomic E-state index is -0.108.